The maximum absolute atomic E-state index is 0. The van der Waals surface area contributed by atoms with Crippen LogP contribution in [0.1, 0.15) is 1.43 Å². The molecule has 1 nitrogen and oxygen atoms in total. The van der Waals surface area contributed by atoms with Crippen LogP contribution in [-0.4, -0.2) is 5.48 Å². The maximum Gasteiger partial charge on any atom is 1.00 e. The van der Waals surface area contributed by atoms with Crippen molar-refractivity contribution in [3.05, 3.63) is 0 Å². The topological polar surface area (TPSA) is 31.5 Å². The summed E-state index contributed by atoms with van der Waals surface area (Å²) in [5, 5.41) is 0. The molecule has 0 unspecified atom stereocenters. The largest absolute Gasteiger partial charge is 1.00 e. The van der Waals surface area contributed by atoms with Crippen molar-refractivity contribution in [3.8, 4) is 0 Å². The molecule has 50 valence electrons. The molecule has 0 fully saturated rings. The zero-order chi connectivity index (χ0) is 0. The molecule has 0 amide bonds. The zero-order valence-corrected chi connectivity index (χ0v) is 12.1. The molecule has 0 aromatic carbocycles. The van der Waals surface area contributed by atoms with Gasteiger partial charge in [0.05, 0.1) is 0 Å². The molecule has 0 aromatic heterocycles. The van der Waals surface area contributed by atoms with Gasteiger partial charge in [0.15, 0.2) is 0 Å². The van der Waals surface area contributed by atoms with Crippen molar-refractivity contribution in [3.63, 3.8) is 0 Å². The Balaban J connectivity index is 0. The Hall–Kier alpha value is 3.35. The molecule has 0 aromatic rings. The van der Waals surface area contributed by atoms with Gasteiger partial charge in [-0.05, 0) is 0 Å². The number of rotatable bonds is 0. The fraction of sp³-hybridized carbons (Fsp3) is 0. The molecule has 7 heavy (non-hydrogen) atoms. The van der Waals surface area contributed by atoms with Crippen LogP contribution in [0.4, 0.5) is 0 Å². The van der Waals surface area contributed by atoms with E-state index in [1.165, 1.54) is 0 Å². The van der Waals surface area contributed by atoms with E-state index < -0.39 is 0 Å². The Morgan fingerprint density at radius 2 is 0.571 bits per heavy atom. The second-order valence-electron chi connectivity index (χ2n) is 0. The molecule has 2 N–H and O–H groups in total. The predicted octanol–water partition coefficient (Wildman–Crippen LogP) is -3.14. The Kier molecular flexibility index (Phi) is 670. The van der Waals surface area contributed by atoms with Gasteiger partial charge in [0.25, 0.3) is 0 Å². The first-order valence-corrected chi connectivity index (χ1v) is 0. The summed E-state index contributed by atoms with van der Waals surface area (Å²) in [6.07, 6.45) is 0. The van der Waals surface area contributed by atoms with Crippen LogP contribution in [0.2, 0.25) is 0 Å². The normalized spacial score (nSPS) is 0. The Labute approximate surface area is 123 Å². The standard InChI is InChI=1S/K.H2O.5H2S.H/h;6*1H2;/q+1;;;;;;;-1. The van der Waals surface area contributed by atoms with Crippen LogP contribution in [-0.2, 0) is 0 Å². The van der Waals surface area contributed by atoms with Crippen molar-refractivity contribution < 1.29 is 58.3 Å². The summed E-state index contributed by atoms with van der Waals surface area (Å²) in [6.45, 7) is 0. The third kappa shape index (κ3) is 45.0. The van der Waals surface area contributed by atoms with Gasteiger partial charge < -0.3 is 6.90 Å². The van der Waals surface area contributed by atoms with E-state index in [9.17, 15) is 0 Å². The van der Waals surface area contributed by atoms with Crippen LogP contribution in [0.5, 0.6) is 0 Å². The van der Waals surface area contributed by atoms with E-state index in [1.54, 1.807) is 0 Å². The van der Waals surface area contributed by atoms with E-state index >= 15 is 0 Å². The van der Waals surface area contributed by atoms with Crippen LogP contribution in [0.3, 0.4) is 0 Å². The van der Waals surface area contributed by atoms with E-state index in [0.717, 1.165) is 0 Å². The monoisotopic (exact) mass is 228 g/mol. The first kappa shape index (κ1) is 80.7. The molecule has 0 aliphatic rings. The zero-order valence-electron chi connectivity index (χ0n) is 5.00. The summed E-state index contributed by atoms with van der Waals surface area (Å²) in [7, 11) is 0. The minimum absolute atomic E-state index is 0. The summed E-state index contributed by atoms with van der Waals surface area (Å²) in [6, 6.07) is 0. The molecule has 0 aliphatic carbocycles. The van der Waals surface area contributed by atoms with Gasteiger partial charge in [-0.3, -0.25) is 0 Å². The fourth-order valence-electron chi connectivity index (χ4n) is 0. The third-order valence-corrected chi connectivity index (χ3v) is 0. The molecule has 0 heterocycles. The van der Waals surface area contributed by atoms with Gasteiger partial charge in [0.2, 0.25) is 0 Å². The first-order chi connectivity index (χ1) is 0. The summed E-state index contributed by atoms with van der Waals surface area (Å²) in [5.74, 6) is 0. The van der Waals surface area contributed by atoms with Crippen molar-refractivity contribution in [1.29, 1.82) is 0 Å². The van der Waals surface area contributed by atoms with Crippen molar-refractivity contribution in [2.24, 2.45) is 0 Å². The molecule has 0 radical (unpaired) electrons. The van der Waals surface area contributed by atoms with Crippen molar-refractivity contribution in [2.45, 2.75) is 0 Å². The van der Waals surface area contributed by atoms with Crippen molar-refractivity contribution in [1.82, 2.24) is 0 Å². The van der Waals surface area contributed by atoms with Gasteiger partial charge >= 0.3 is 51.4 Å². The summed E-state index contributed by atoms with van der Waals surface area (Å²) in [5.41, 5.74) is 0. The molecule has 7 heteroatoms. The van der Waals surface area contributed by atoms with Gasteiger partial charge in [-0.2, -0.15) is 67.5 Å². The average Bonchev–Trinajstić information content (AvgIpc) is 0. The first-order valence-electron chi connectivity index (χ1n) is 0. The second kappa shape index (κ2) is 58.1. The van der Waals surface area contributed by atoms with Gasteiger partial charge in [-0.25, -0.2) is 0 Å². The predicted molar refractivity (Wildman–Crippen MR) is 56.6 cm³/mol. The average molecular weight is 229 g/mol. The Bertz CT molecular complexity index is 12.4. The fourth-order valence-corrected chi connectivity index (χ4v) is 0. The molecule has 0 atom stereocenters. The maximum atomic E-state index is 0. The van der Waals surface area contributed by atoms with Gasteiger partial charge in [0, 0.05) is 0 Å². The minimum atomic E-state index is 0. The molecule has 0 saturated heterocycles. The van der Waals surface area contributed by atoms with Crippen molar-refractivity contribution >= 4 is 67.5 Å². The van der Waals surface area contributed by atoms with E-state index in [1.807, 2.05) is 0 Å². The van der Waals surface area contributed by atoms with Crippen molar-refractivity contribution in [2.75, 3.05) is 0 Å². The van der Waals surface area contributed by atoms with Crippen LogP contribution >= 0.6 is 67.5 Å². The third-order valence-electron chi connectivity index (χ3n) is 0. The molecule has 0 spiro atoms. The molecule has 0 aliphatic heterocycles. The van der Waals surface area contributed by atoms with Crippen LogP contribution in [0, 0.1) is 0 Å². The quantitative estimate of drug-likeness (QED) is 0.393. The Morgan fingerprint density at radius 3 is 0.571 bits per heavy atom. The van der Waals surface area contributed by atoms with Crippen LogP contribution in [0.15, 0.2) is 0 Å². The van der Waals surface area contributed by atoms with E-state index in [4.69, 9.17) is 0 Å². The van der Waals surface area contributed by atoms with Gasteiger partial charge in [0.1, 0.15) is 0 Å². The van der Waals surface area contributed by atoms with Crippen LogP contribution < -0.4 is 51.4 Å². The minimum Gasteiger partial charge on any atom is -1.00 e. The van der Waals surface area contributed by atoms with Crippen LogP contribution in [0.25, 0.3) is 0 Å². The molecule has 0 saturated carbocycles. The molecule has 0 rings (SSSR count). The summed E-state index contributed by atoms with van der Waals surface area (Å²) in [4.78, 5) is 0. The second-order valence-corrected chi connectivity index (χ2v) is 0. The summed E-state index contributed by atoms with van der Waals surface area (Å²) >= 11 is 0. The number of hydrogen-bond acceptors (Lipinski definition) is 0. The van der Waals surface area contributed by atoms with E-state index in [2.05, 4.69) is 0 Å². The van der Waals surface area contributed by atoms with Gasteiger partial charge in [-0.1, -0.05) is 0 Å². The molecular weight excluding hydrogens is 215 g/mol. The Morgan fingerprint density at radius 1 is 0.571 bits per heavy atom. The molecule has 0 bridgehead atoms. The SMILES string of the molecule is O.S.S.S.S.S.[H-].[K+]. The number of hydrogen-bond donors (Lipinski definition) is 0. The smallest absolute Gasteiger partial charge is 1.00 e. The van der Waals surface area contributed by atoms with E-state index in [0.29, 0.717) is 0 Å². The van der Waals surface area contributed by atoms with Gasteiger partial charge in [-0.15, -0.1) is 0 Å². The van der Waals surface area contributed by atoms with E-state index in [-0.39, 0.29) is 126 Å². The molecular formula is H13KOS5. The summed E-state index contributed by atoms with van der Waals surface area (Å²) < 4.78 is 0.